The van der Waals surface area contributed by atoms with Crippen molar-refractivity contribution >= 4 is 21.6 Å². The molecule has 0 aromatic carbocycles. The molecule has 1 aliphatic rings. The molecule has 2 atom stereocenters. The lowest BCUT2D eigenvalue weighted by Gasteiger charge is -2.16. The normalized spacial score (nSPS) is 37.9. The Morgan fingerprint density at radius 2 is 1.64 bits per heavy atom. The largest absolute Gasteiger partial charge is 0.0904 e. The smallest absolute Gasteiger partial charge is 0.0162 e. The van der Waals surface area contributed by atoms with Crippen molar-refractivity contribution in [3.63, 3.8) is 0 Å². The molecule has 0 N–H and O–H groups in total. The minimum absolute atomic E-state index is 0.890. The van der Waals surface area contributed by atoms with Crippen LogP contribution in [0.5, 0.6) is 0 Å². The van der Waals surface area contributed by atoms with Crippen LogP contribution in [0.4, 0.5) is 0 Å². The van der Waals surface area contributed by atoms with Gasteiger partial charge in [0.05, 0.1) is 0 Å². The fraction of sp³-hybridized carbons (Fsp3) is 1.00. The van der Waals surface area contributed by atoms with Gasteiger partial charge in [-0.1, -0.05) is 55.2 Å². The van der Waals surface area contributed by atoms with E-state index in [1.54, 1.807) is 0 Å². The van der Waals surface area contributed by atoms with Crippen LogP contribution in [0.25, 0.3) is 0 Å². The molecule has 1 heterocycles. The van der Waals surface area contributed by atoms with Gasteiger partial charge in [-0.25, -0.2) is 0 Å². The Balaban J connectivity index is 2.29. The molecule has 0 nitrogen and oxygen atoms in total. The van der Waals surface area contributed by atoms with Crippen molar-refractivity contribution in [3.8, 4) is 0 Å². The van der Waals surface area contributed by atoms with E-state index in [1.807, 2.05) is 0 Å². The Bertz CT molecular complexity index is 104. The Kier molecular flexibility index (Phi) is 4.14. The van der Waals surface area contributed by atoms with Crippen molar-refractivity contribution < 1.29 is 0 Å². The van der Waals surface area contributed by atoms with Crippen LogP contribution in [0.2, 0.25) is 0 Å². The molecule has 11 heavy (non-hydrogen) atoms. The fourth-order valence-corrected chi connectivity index (χ4v) is 5.00. The van der Waals surface area contributed by atoms with E-state index in [0.717, 1.165) is 16.4 Å². The van der Waals surface area contributed by atoms with Gasteiger partial charge in [-0.2, -0.15) is 0 Å². The van der Waals surface area contributed by atoms with Gasteiger partial charge in [0.15, 0.2) is 0 Å². The van der Waals surface area contributed by atoms with Gasteiger partial charge < -0.3 is 0 Å². The van der Waals surface area contributed by atoms with E-state index in [2.05, 4.69) is 42.4 Å². The highest BCUT2D eigenvalue weighted by Crippen LogP contribution is 2.48. The Morgan fingerprint density at radius 3 is 2.09 bits per heavy atom. The predicted molar refractivity (Wildman–Crippen MR) is 57.1 cm³/mol. The molecule has 66 valence electrons. The summed E-state index contributed by atoms with van der Waals surface area (Å²) in [5, 5.41) is 1.78. The van der Waals surface area contributed by atoms with Gasteiger partial charge in [0.2, 0.25) is 0 Å². The molecule has 1 fully saturated rings. The molecule has 2 heteroatoms. The molecule has 1 rings (SSSR count). The molecule has 0 saturated carbocycles. The van der Waals surface area contributed by atoms with E-state index in [-0.39, 0.29) is 0 Å². The van der Waals surface area contributed by atoms with E-state index in [9.17, 15) is 0 Å². The summed E-state index contributed by atoms with van der Waals surface area (Å²) in [5.74, 6) is 0.977. The number of hydrogen-bond donors (Lipinski definition) is 0. The highest BCUT2D eigenvalue weighted by molar-refractivity contribution is 8.77. The van der Waals surface area contributed by atoms with Gasteiger partial charge in [0.25, 0.3) is 0 Å². The first kappa shape index (κ1) is 9.79. The number of unbranched alkanes of at least 4 members (excludes halogenated alkanes) is 1. The van der Waals surface area contributed by atoms with Gasteiger partial charge in [0, 0.05) is 10.5 Å². The van der Waals surface area contributed by atoms with Crippen molar-refractivity contribution in [2.75, 3.05) is 0 Å². The number of hydrogen-bond acceptors (Lipinski definition) is 2. The monoisotopic (exact) mass is 190 g/mol. The molecular formula is C9H18S2. The van der Waals surface area contributed by atoms with E-state index in [4.69, 9.17) is 0 Å². The van der Waals surface area contributed by atoms with Gasteiger partial charge in [-0.3, -0.25) is 0 Å². The standard InChI is InChI=1S/C9H18S2/c1-4-5-6-9-7(2)10-11-8(9)3/h7-9H,4-6H2,1-3H3. The quantitative estimate of drug-likeness (QED) is 0.618. The summed E-state index contributed by atoms with van der Waals surface area (Å²) >= 11 is 0. The van der Waals surface area contributed by atoms with Crippen LogP contribution in [-0.2, 0) is 0 Å². The maximum Gasteiger partial charge on any atom is 0.0162 e. The van der Waals surface area contributed by atoms with Crippen LogP contribution in [0.3, 0.4) is 0 Å². The summed E-state index contributed by atoms with van der Waals surface area (Å²) in [6, 6.07) is 0. The second-order valence-electron chi connectivity index (χ2n) is 3.41. The van der Waals surface area contributed by atoms with Gasteiger partial charge in [-0.15, -0.1) is 0 Å². The summed E-state index contributed by atoms with van der Waals surface area (Å²) in [6.07, 6.45) is 4.21. The zero-order valence-corrected chi connectivity index (χ0v) is 9.30. The topological polar surface area (TPSA) is 0 Å². The molecule has 2 unspecified atom stereocenters. The highest BCUT2D eigenvalue weighted by Gasteiger charge is 2.30. The van der Waals surface area contributed by atoms with Crippen molar-refractivity contribution in [2.45, 2.75) is 50.5 Å². The maximum atomic E-state index is 2.38. The average molecular weight is 190 g/mol. The van der Waals surface area contributed by atoms with Crippen molar-refractivity contribution in [2.24, 2.45) is 5.92 Å². The van der Waals surface area contributed by atoms with E-state index < -0.39 is 0 Å². The molecule has 0 aromatic heterocycles. The summed E-state index contributed by atoms with van der Waals surface area (Å²) in [6.45, 7) is 7.04. The molecule has 1 saturated heterocycles. The van der Waals surface area contributed by atoms with Crippen molar-refractivity contribution in [1.82, 2.24) is 0 Å². The van der Waals surface area contributed by atoms with Crippen molar-refractivity contribution in [1.29, 1.82) is 0 Å². The average Bonchev–Trinajstić information content (AvgIpc) is 2.29. The maximum absolute atomic E-state index is 2.38. The summed E-state index contributed by atoms with van der Waals surface area (Å²) in [5.41, 5.74) is 0. The van der Waals surface area contributed by atoms with Crippen LogP contribution >= 0.6 is 21.6 Å². The third kappa shape index (κ3) is 2.59. The minimum atomic E-state index is 0.890. The zero-order chi connectivity index (χ0) is 8.27. The van der Waals surface area contributed by atoms with Gasteiger partial charge in [-0.05, 0) is 12.3 Å². The Morgan fingerprint density at radius 1 is 1.09 bits per heavy atom. The lowest BCUT2D eigenvalue weighted by atomic mass is 9.96. The molecular weight excluding hydrogens is 172 g/mol. The van der Waals surface area contributed by atoms with Crippen LogP contribution in [-0.4, -0.2) is 10.5 Å². The third-order valence-electron chi connectivity index (χ3n) is 2.46. The van der Waals surface area contributed by atoms with E-state index in [1.165, 1.54) is 19.3 Å². The first-order valence-corrected chi connectivity index (χ1v) is 6.85. The summed E-state index contributed by atoms with van der Waals surface area (Å²) < 4.78 is 0. The SMILES string of the molecule is CCCCC1C(C)SSC1C. The molecule has 0 aliphatic carbocycles. The molecule has 0 bridgehead atoms. The first-order valence-electron chi connectivity index (χ1n) is 4.57. The molecule has 1 aliphatic heterocycles. The Labute approximate surface area is 78.3 Å². The zero-order valence-electron chi connectivity index (χ0n) is 7.67. The third-order valence-corrected chi connectivity index (χ3v) is 6.03. The molecule has 0 amide bonds. The van der Waals surface area contributed by atoms with Crippen LogP contribution < -0.4 is 0 Å². The molecule has 0 spiro atoms. The second kappa shape index (κ2) is 4.66. The fourth-order valence-electron chi connectivity index (χ4n) is 1.61. The predicted octanol–water partition coefficient (Wildman–Crippen LogP) is 3.96. The second-order valence-corrected chi connectivity index (χ2v) is 6.44. The van der Waals surface area contributed by atoms with Crippen LogP contribution in [0.1, 0.15) is 40.0 Å². The summed E-state index contributed by atoms with van der Waals surface area (Å²) in [7, 11) is 4.16. The first-order chi connectivity index (χ1) is 5.25. The van der Waals surface area contributed by atoms with Gasteiger partial charge in [0.1, 0.15) is 0 Å². The molecule has 0 radical (unpaired) electrons. The van der Waals surface area contributed by atoms with Gasteiger partial charge >= 0.3 is 0 Å². The Hall–Kier alpha value is 0.700. The lowest BCUT2D eigenvalue weighted by molar-refractivity contribution is 0.466. The highest BCUT2D eigenvalue weighted by atomic mass is 33.1. The number of rotatable bonds is 3. The minimum Gasteiger partial charge on any atom is -0.0904 e. The lowest BCUT2D eigenvalue weighted by Crippen LogP contribution is -2.16. The summed E-state index contributed by atoms with van der Waals surface area (Å²) in [4.78, 5) is 0. The molecule has 0 aromatic rings. The van der Waals surface area contributed by atoms with Crippen LogP contribution in [0.15, 0.2) is 0 Å². The van der Waals surface area contributed by atoms with E-state index in [0.29, 0.717) is 0 Å². The van der Waals surface area contributed by atoms with Crippen molar-refractivity contribution in [3.05, 3.63) is 0 Å². The van der Waals surface area contributed by atoms with Crippen LogP contribution in [0, 0.1) is 5.92 Å². The van der Waals surface area contributed by atoms with E-state index >= 15 is 0 Å².